The number of nitrogens with one attached hydrogen (secondary N) is 1. The van der Waals surface area contributed by atoms with Crippen molar-refractivity contribution in [2.45, 2.75) is 44.3 Å². The molecule has 110 valence electrons. The van der Waals surface area contributed by atoms with Gasteiger partial charge in [-0.15, -0.1) is 0 Å². The molecular formula is C13H22F3N3. The van der Waals surface area contributed by atoms with E-state index in [-0.39, 0.29) is 12.5 Å². The van der Waals surface area contributed by atoms with Gasteiger partial charge in [0.2, 0.25) is 0 Å². The molecule has 1 saturated carbocycles. The zero-order valence-electron chi connectivity index (χ0n) is 11.6. The molecule has 1 rings (SSSR count). The van der Waals surface area contributed by atoms with Gasteiger partial charge in [0.05, 0.1) is 12.5 Å². The molecule has 0 radical (unpaired) electrons. The summed E-state index contributed by atoms with van der Waals surface area (Å²) < 4.78 is 36.6. The van der Waals surface area contributed by atoms with Gasteiger partial charge in [0.15, 0.2) is 0 Å². The lowest BCUT2D eigenvalue weighted by Gasteiger charge is -2.32. The van der Waals surface area contributed by atoms with E-state index in [4.69, 9.17) is 0 Å². The molecule has 19 heavy (non-hydrogen) atoms. The zero-order valence-corrected chi connectivity index (χ0v) is 11.6. The third-order valence-electron chi connectivity index (χ3n) is 3.46. The lowest BCUT2D eigenvalue weighted by molar-refractivity contribution is -0.137. The molecule has 0 spiro atoms. The number of nitrogens with zero attached hydrogens (tertiary/aromatic N) is 2. The Balaban J connectivity index is 2.54. The summed E-state index contributed by atoms with van der Waals surface area (Å²) in [6.45, 7) is 3.02. The van der Waals surface area contributed by atoms with Gasteiger partial charge in [0.25, 0.3) is 0 Å². The molecule has 6 heteroatoms. The van der Waals surface area contributed by atoms with Gasteiger partial charge >= 0.3 is 6.18 Å². The van der Waals surface area contributed by atoms with Crippen molar-refractivity contribution in [3.8, 4) is 6.07 Å². The Morgan fingerprint density at radius 2 is 2.00 bits per heavy atom. The monoisotopic (exact) mass is 277 g/mol. The van der Waals surface area contributed by atoms with Crippen LogP contribution in [-0.2, 0) is 0 Å². The number of hydrogen-bond donors (Lipinski definition) is 1. The lowest BCUT2D eigenvalue weighted by Crippen LogP contribution is -2.54. The minimum Gasteiger partial charge on any atom is -0.303 e. The van der Waals surface area contributed by atoms with Crippen LogP contribution in [0.2, 0.25) is 0 Å². The maximum Gasteiger partial charge on any atom is 0.390 e. The molecule has 0 aromatic carbocycles. The van der Waals surface area contributed by atoms with Crippen LogP contribution in [0.15, 0.2) is 0 Å². The minimum absolute atomic E-state index is 0.0620. The van der Waals surface area contributed by atoms with Crippen LogP contribution in [0, 0.1) is 17.2 Å². The summed E-state index contributed by atoms with van der Waals surface area (Å²) in [7, 11) is 1.65. The maximum absolute atomic E-state index is 12.2. The molecule has 1 atom stereocenters. The fourth-order valence-electron chi connectivity index (χ4n) is 2.24. The van der Waals surface area contributed by atoms with Crippen LogP contribution in [0.4, 0.5) is 13.2 Å². The molecule has 0 heterocycles. The van der Waals surface area contributed by atoms with Crippen LogP contribution >= 0.6 is 0 Å². The van der Waals surface area contributed by atoms with Gasteiger partial charge in [-0.05, 0) is 38.8 Å². The normalized spacial score (nSPS) is 19.2. The van der Waals surface area contributed by atoms with Crippen LogP contribution < -0.4 is 5.32 Å². The van der Waals surface area contributed by atoms with E-state index in [9.17, 15) is 18.4 Å². The van der Waals surface area contributed by atoms with E-state index in [1.54, 1.807) is 11.9 Å². The Labute approximate surface area is 112 Å². The van der Waals surface area contributed by atoms with E-state index in [1.807, 2.05) is 6.92 Å². The topological polar surface area (TPSA) is 39.1 Å². The second kappa shape index (κ2) is 6.58. The smallest absolute Gasteiger partial charge is 0.303 e. The van der Waals surface area contributed by atoms with Crippen molar-refractivity contribution in [1.29, 1.82) is 5.26 Å². The number of hydrogen-bond acceptors (Lipinski definition) is 3. The van der Waals surface area contributed by atoms with E-state index in [2.05, 4.69) is 11.4 Å². The first-order valence-corrected chi connectivity index (χ1v) is 6.74. The highest BCUT2D eigenvalue weighted by molar-refractivity contribution is 5.16. The van der Waals surface area contributed by atoms with Gasteiger partial charge in [-0.25, -0.2) is 0 Å². The van der Waals surface area contributed by atoms with E-state index < -0.39 is 18.1 Å². The van der Waals surface area contributed by atoms with E-state index >= 15 is 0 Å². The summed E-state index contributed by atoms with van der Waals surface area (Å²) >= 11 is 0. The first kappa shape index (κ1) is 16.3. The number of alkyl halides is 3. The fraction of sp³-hybridized carbons (Fsp3) is 0.923. The molecule has 0 saturated heterocycles. The number of rotatable bonds is 8. The average molecular weight is 277 g/mol. The third-order valence-corrected chi connectivity index (χ3v) is 3.46. The molecule has 0 amide bonds. The minimum atomic E-state index is -4.14. The SMILES string of the molecule is CCCNC(C#N)(CN(C)CCC(F)(F)F)C1CC1. The second-order valence-electron chi connectivity index (χ2n) is 5.39. The van der Waals surface area contributed by atoms with Crippen molar-refractivity contribution < 1.29 is 13.2 Å². The molecule has 0 aromatic rings. The van der Waals surface area contributed by atoms with Crippen LogP contribution in [0.25, 0.3) is 0 Å². The predicted octanol–water partition coefficient (Wildman–Crippen LogP) is 2.54. The molecule has 0 bridgehead atoms. The summed E-state index contributed by atoms with van der Waals surface area (Å²) in [5.74, 6) is 0.275. The van der Waals surface area contributed by atoms with Crippen molar-refractivity contribution in [1.82, 2.24) is 10.2 Å². The summed E-state index contributed by atoms with van der Waals surface area (Å²) in [5, 5.41) is 12.7. The van der Waals surface area contributed by atoms with Crippen molar-refractivity contribution in [3.63, 3.8) is 0 Å². The highest BCUT2D eigenvalue weighted by Gasteiger charge is 2.46. The van der Waals surface area contributed by atoms with Gasteiger partial charge in [0, 0.05) is 13.1 Å². The van der Waals surface area contributed by atoms with E-state index in [0.717, 1.165) is 25.8 Å². The Hall–Kier alpha value is -0.800. The van der Waals surface area contributed by atoms with Crippen LogP contribution in [0.3, 0.4) is 0 Å². The average Bonchev–Trinajstić information content (AvgIpc) is 3.15. The standard InChI is InChI=1S/C13H22F3N3/c1-3-7-18-12(9-17,11-4-5-11)10-19(2)8-6-13(14,15)16/h11,18H,3-8,10H2,1-2H3. The molecule has 1 aliphatic rings. The first-order chi connectivity index (χ1) is 8.83. The van der Waals surface area contributed by atoms with E-state index in [1.165, 1.54) is 0 Å². The predicted molar refractivity (Wildman–Crippen MR) is 67.5 cm³/mol. The van der Waals surface area contributed by atoms with Crippen LogP contribution in [0.5, 0.6) is 0 Å². The molecule has 1 fully saturated rings. The molecule has 1 N–H and O–H groups in total. The molecule has 1 aliphatic carbocycles. The van der Waals surface area contributed by atoms with Gasteiger partial charge in [0.1, 0.15) is 5.54 Å². The number of nitriles is 1. The van der Waals surface area contributed by atoms with Gasteiger partial charge in [-0.3, -0.25) is 5.32 Å². The lowest BCUT2D eigenvalue weighted by atomic mass is 9.94. The Kier molecular flexibility index (Phi) is 5.63. The Morgan fingerprint density at radius 1 is 1.37 bits per heavy atom. The van der Waals surface area contributed by atoms with Crippen molar-refractivity contribution in [2.75, 3.05) is 26.7 Å². The second-order valence-corrected chi connectivity index (χ2v) is 5.39. The maximum atomic E-state index is 12.2. The molecular weight excluding hydrogens is 255 g/mol. The van der Waals surface area contributed by atoms with E-state index in [0.29, 0.717) is 6.54 Å². The zero-order chi connectivity index (χ0) is 14.5. The Bertz CT molecular complexity index is 320. The fourth-order valence-corrected chi connectivity index (χ4v) is 2.24. The number of halogens is 3. The van der Waals surface area contributed by atoms with Gasteiger partial charge in [-0.1, -0.05) is 6.92 Å². The summed E-state index contributed by atoms with van der Waals surface area (Å²) in [6, 6.07) is 2.31. The number of likely N-dealkylation sites (N-methyl/N-ethyl adjacent to an activating group) is 1. The Morgan fingerprint density at radius 3 is 2.42 bits per heavy atom. The van der Waals surface area contributed by atoms with Gasteiger partial charge < -0.3 is 4.90 Å². The van der Waals surface area contributed by atoms with Crippen molar-refractivity contribution >= 4 is 0 Å². The molecule has 3 nitrogen and oxygen atoms in total. The highest BCUT2D eigenvalue weighted by atomic mass is 19.4. The van der Waals surface area contributed by atoms with Gasteiger partial charge in [-0.2, -0.15) is 18.4 Å². The molecule has 0 aliphatic heterocycles. The summed E-state index contributed by atoms with van der Waals surface area (Å²) in [6.07, 6.45) is -2.10. The summed E-state index contributed by atoms with van der Waals surface area (Å²) in [4.78, 5) is 1.61. The van der Waals surface area contributed by atoms with Crippen LogP contribution in [-0.4, -0.2) is 43.3 Å². The summed E-state index contributed by atoms with van der Waals surface area (Å²) in [5.41, 5.74) is -0.684. The van der Waals surface area contributed by atoms with Crippen LogP contribution in [0.1, 0.15) is 32.6 Å². The largest absolute Gasteiger partial charge is 0.390 e. The molecule has 1 unspecified atom stereocenters. The van der Waals surface area contributed by atoms with Crippen molar-refractivity contribution in [3.05, 3.63) is 0 Å². The van der Waals surface area contributed by atoms with Crippen molar-refractivity contribution in [2.24, 2.45) is 5.92 Å². The highest BCUT2D eigenvalue weighted by Crippen LogP contribution is 2.40. The third kappa shape index (κ3) is 5.37. The first-order valence-electron chi connectivity index (χ1n) is 6.74. The molecule has 0 aromatic heterocycles. The quantitative estimate of drug-likeness (QED) is 0.741.